The number of morpholine rings is 1. The van der Waals surface area contributed by atoms with Gasteiger partial charge in [-0.1, -0.05) is 0 Å². The smallest absolute Gasteiger partial charge is 0.256 e. The van der Waals surface area contributed by atoms with E-state index in [-0.39, 0.29) is 42.0 Å². The lowest BCUT2D eigenvalue weighted by atomic mass is 9.75. The average Bonchev–Trinajstić information content (AvgIpc) is 2.99. The van der Waals surface area contributed by atoms with Crippen LogP contribution in [0.5, 0.6) is 5.88 Å². The van der Waals surface area contributed by atoms with Crippen molar-refractivity contribution in [2.75, 3.05) is 39.1 Å². The first-order valence-electron chi connectivity index (χ1n) is 9.86. The van der Waals surface area contributed by atoms with Gasteiger partial charge in [0.25, 0.3) is 5.88 Å². The molecule has 1 aromatic heterocycles. The van der Waals surface area contributed by atoms with Gasteiger partial charge in [0, 0.05) is 33.2 Å². The molecule has 0 bridgehead atoms. The molecule has 5 N–H and O–H groups in total. The maximum absolute atomic E-state index is 6.31. The predicted molar refractivity (Wildman–Crippen MR) is 120 cm³/mol. The first-order chi connectivity index (χ1) is 12.5. The van der Waals surface area contributed by atoms with E-state index < -0.39 is 0 Å². The van der Waals surface area contributed by atoms with Crippen LogP contribution in [0.25, 0.3) is 0 Å². The van der Waals surface area contributed by atoms with Gasteiger partial charge in [-0.2, -0.15) is 0 Å². The zero-order chi connectivity index (χ0) is 18.6. The Morgan fingerprint density at radius 1 is 1.28 bits per heavy atom. The fourth-order valence-corrected chi connectivity index (χ4v) is 4.32. The van der Waals surface area contributed by atoms with Crippen LogP contribution in [0.4, 0.5) is 5.69 Å². The van der Waals surface area contributed by atoms with E-state index in [4.69, 9.17) is 19.9 Å². The molecule has 0 radical (unpaired) electrons. The first-order valence-corrected chi connectivity index (χ1v) is 9.86. The van der Waals surface area contributed by atoms with Crippen LogP contribution in [-0.2, 0) is 9.47 Å². The predicted octanol–water partition coefficient (Wildman–Crippen LogP) is 2.40. The van der Waals surface area contributed by atoms with Crippen LogP contribution in [-0.4, -0.2) is 60.4 Å². The Balaban J connectivity index is 0.00000261. The number of nitrogens with zero attached hydrogens (tertiary/aromatic N) is 2. The molecule has 2 atom stereocenters. The number of methoxy groups -OCH3 is 1. The molecule has 1 aliphatic heterocycles. The Morgan fingerprint density at radius 3 is 2.59 bits per heavy atom. The van der Waals surface area contributed by atoms with E-state index in [1.807, 2.05) is 10.9 Å². The minimum absolute atomic E-state index is 0. The highest BCUT2D eigenvalue weighted by Crippen LogP contribution is 2.40. The van der Waals surface area contributed by atoms with Crippen LogP contribution in [0.3, 0.4) is 0 Å². The van der Waals surface area contributed by atoms with Crippen molar-refractivity contribution in [3.63, 3.8) is 0 Å². The molecule has 2 aliphatic rings. The van der Waals surface area contributed by atoms with Gasteiger partial charge in [-0.05, 0) is 45.4 Å². The second-order valence-corrected chi connectivity index (χ2v) is 7.94. The van der Waals surface area contributed by atoms with Crippen LogP contribution < -0.4 is 15.8 Å². The van der Waals surface area contributed by atoms with E-state index in [9.17, 15) is 0 Å². The van der Waals surface area contributed by atoms with Crippen molar-refractivity contribution in [1.82, 2.24) is 15.1 Å². The van der Waals surface area contributed by atoms with Crippen molar-refractivity contribution in [2.45, 2.75) is 63.7 Å². The van der Waals surface area contributed by atoms with E-state index in [0.29, 0.717) is 36.7 Å². The molecule has 0 spiro atoms. The Bertz CT molecular complexity index is 585. The van der Waals surface area contributed by atoms with Gasteiger partial charge in [0.05, 0.1) is 30.6 Å². The van der Waals surface area contributed by atoms with E-state index in [2.05, 4.69) is 24.3 Å². The Labute approximate surface area is 186 Å². The molecule has 2 heterocycles. The third-order valence-electron chi connectivity index (χ3n) is 5.77. The highest BCUT2D eigenvalue weighted by atomic mass is 35.5. The molecule has 172 valence electrons. The summed E-state index contributed by atoms with van der Waals surface area (Å²) in [6.45, 7) is 7.56. The monoisotopic (exact) mass is 456 g/mol. The average molecular weight is 457 g/mol. The summed E-state index contributed by atoms with van der Waals surface area (Å²) in [4.78, 5) is 0. The van der Waals surface area contributed by atoms with Crippen molar-refractivity contribution >= 4 is 30.5 Å². The fraction of sp³-hybridized carbons (Fsp3) is 0.842. The summed E-state index contributed by atoms with van der Waals surface area (Å²) in [5.41, 5.74) is 6.64. The van der Waals surface area contributed by atoms with E-state index in [1.54, 1.807) is 7.11 Å². The van der Waals surface area contributed by atoms with Crippen molar-refractivity contribution in [1.29, 1.82) is 0 Å². The van der Waals surface area contributed by atoms with Crippen molar-refractivity contribution in [2.24, 2.45) is 5.92 Å². The van der Waals surface area contributed by atoms with Gasteiger partial charge >= 0.3 is 0 Å². The molecule has 8 nitrogen and oxygen atoms in total. The molecule has 2 fully saturated rings. The van der Waals surface area contributed by atoms with Crippen molar-refractivity contribution in [3.8, 4) is 5.88 Å². The van der Waals surface area contributed by atoms with E-state index >= 15 is 0 Å². The molecule has 3 rings (SSSR count). The number of hydrogen-bond acceptors (Lipinski definition) is 6. The van der Waals surface area contributed by atoms with Gasteiger partial charge in [0.15, 0.2) is 0 Å². The summed E-state index contributed by atoms with van der Waals surface area (Å²) < 4.78 is 19.0. The third kappa shape index (κ3) is 7.15. The number of nitrogen functional groups attached to an aromatic ring is 1. The molecule has 29 heavy (non-hydrogen) atoms. The molecule has 0 aromatic carbocycles. The molecule has 10 heteroatoms. The standard InChI is InChI=1S/C19H34N4O3.2ClH.H2O/c1-14-11-21-13-19(2,26-14)15-5-7-16(8-6-15)23-12-17(20)18(22-23)25-10-4-9-24-3;;;/h12,14-16,21H,4-11,13,20H2,1-3H3;2*1H;1H2/t14-,15?,16?,19-;;;/m1.../s1. The van der Waals surface area contributed by atoms with Gasteiger partial charge in [-0.25, -0.2) is 0 Å². The van der Waals surface area contributed by atoms with Gasteiger partial charge in [-0.15, -0.1) is 29.9 Å². The third-order valence-corrected chi connectivity index (χ3v) is 5.77. The van der Waals surface area contributed by atoms with Gasteiger partial charge in [0.2, 0.25) is 0 Å². The molecule has 1 saturated heterocycles. The lowest BCUT2D eigenvalue weighted by molar-refractivity contribution is -0.138. The molecule has 1 aromatic rings. The van der Waals surface area contributed by atoms with Crippen LogP contribution in [0.15, 0.2) is 6.20 Å². The minimum atomic E-state index is -0.0542. The lowest BCUT2D eigenvalue weighted by Crippen LogP contribution is -2.55. The van der Waals surface area contributed by atoms with Crippen molar-refractivity contribution < 1.29 is 19.7 Å². The first kappa shape index (κ1) is 28.2. The fourth-order valence-electron chi connectivity index (χ4n) is 4.32. The lowest BCUT2D eigenvalue weighted by Gasteiger charge is -2.46. The maximum atomic E-state index is 6.31. The summed E-state index contributed by atoms with van der Waals surface area (Å²) in [5.74, 6) is 1.13. The number of anilines is 1. The second kappa shape index (κ2) is 12.8. The van der Waals surface area contributed by atoms with Crippen LogP contribution in [0.1, 0.15) is 52.0 Å². The highest BCUT2D eigenvalue weighted by Gasteiger charge is 2.41. The number of nitrogens with one attached hydrogen (secondary N) is 1. The summed E-state index contributed by atoms with van der Waals surface area (Å²) in [7, 11) is 1.69. The minimum Gasteiger partial charge on any atom is -0.475 e. The van der Waals surface area contributed by atoms with Gasteiger partial charge in [0.1, 0.15) is 5.69 Å². The quantitative estimate of drug-likeness (QED) is 0.608. The molecule has 1 saturated carbocycles. The highest BCUT2D eigenvalue weighted by molar-refractivity contribution is 5.85. The van der Waals surface area contributed by atoms with Crippen molar-refractivity contribution in [3.05, 3.63) is 6.20 Å². The summed E-state index contributed by atoms with van der Waals surface area (Å²) in [6.07, 6.45) is 7.54. The number of aromatic nitrogens is 2. The van der Waals surface area contributed by atoms with Crippen LogP contribution in [0.2, 0.25) is 0 Å². The second-order valence-electron chi connectivity index (χ2n) is 7.94. The zero-order valence-corrected chi connectivity index (χ0v) is 19.3. The summed E-state index contributed by atoms with van der Waals surface area (Å²) in [5, 5.41) is 8.10. The number of nitrogens with two attached hydrogens (primary N) is 1. The molecule has 0 unspecified atom stereocenters. The summed E-state index contributed by atoms with van der Waals surface area (Å²) in [6, 6.07) is 0.391. The van der Waals surface area contributed by atoms with Crippen LogP contribution >= 0.6 is 24.8 Å². The SMILES string of the molecule is COCCCOc1nn(C2CCC([C@@]3(C)CNC[C@@H](C)O3)CC2)cc1N.Cl.Cl.O. The van der Waals surface area contributed by atoms with E-state index in [0.717, 1.165) is 45.2 Å². The number of hydrogen-bond donors (Lipinski definition) is 2. The normalized spacial score (nSPS) is 29.1. The Morgan fingerprint density at radius 2 is 1.97 bits per heavy atom. The maximum Gasteiger partial charge on any atom is 0.256 e. The number of rotatable bonds is 7. The van der Waals surface area contributed by atoms with Gasteiger partial charge in [-0.3, -0.25) is 4.68 Å². The van der Waals surface area contributed by atoms with Crippen LogP contribution in [0, 0.1) is 5.92 Å². The van der Waals surface area contributed by atoms with E-state index in [1.165, 1.54) is 0 Å². The zero-order valence-electron chi connectivity index (χ0n) is 17.7. The molecule has 0 amide bonds. The summed E-state index contributed by atoms with van der Waals surface area (Å²) >= 11 is 0. The topological polar surface area (TPSA) is 115 Å². The Hall–Kier alpha value is -0.770. The Kier molecular flexibility index (Phi) is 12.5. The number of ether oxygens (including phenoxy) is 3. The molecular weight excluding hydrogens is 419 g/mol. The molecular formula is C19H38Cl2N4O4. The largest absolute Gasteiger partial charge is 0.475 e. The van der Waals surface area contributed by atoms with Gasteiger partial charge < -0.3 is 30.7 Å². The molecule has 1 aliphatic carbocycles. The number of halogens is 2.